The molecule has 0 radical (unpaired) electrons. The number of para-hydroxylation sites is 2. The number of nitrogens with zero attached hydrogens (tertiary/aromatic N) is 2. The summed E-state index contributed by atoms with van der Waals surface area (Å²) in [5.41, 5.74) is 26.1. The lowest BCUT2D eigenvalue weighted by Crippen LogP contribution is -2.26. The molecule has 374 valence electrons. The molecule has 2 unspecified atom stereocenters. The minimum absolute atomic E-state index is 0.125. The molecule has 0 aromatic heterocycles. The third-order valence-corrected chi connectivity index (χ3v) is 18.2. The van der Waals surface area contributed by atoms with E-state index in [-0.39, 0.29) is 5.41 Å². The highest BCUT2D eigenvalue weighted by atomic mass is 15.1. The van der Waals surface area contributed by atoms with Crippen LogP contribution in [0.15, 0.2) is 261 Å². The van der Waals surface area contributed by atoms with E-state index in [9.17, 15) is 0 Å². The number of rotatable bonds is 7. The predicted octanol–water partition coefficient (Wildman–Crippen LogP) is 20.8. The fourth-order valence-electron chi connectivity index (χ4n) is 14.8. The summed E-state index contributed by atoms with van der Waals surface area (Å²) < 4.78 is 0. The van der Waals surface area contributed by atoms with Gasteiger partial charge in [0.05, 0.1) is 5.41 Å². The molecule has 4 aliphatic rings. The lowest BCUT2D eigenvalue weighted by molar-refractivity contribution is 0.660. The van der Waals surface area contributed by atoms with E-state index < -0.39 is 5.41 Å². The molecule has 16 rings (SSSR count). The van der Waals surface area contributed by atoms with Crippen molar-refractivity contribution in [1.82, 2.24) is 0 Å². The summed E-state index contributed by atoms with van der Waals surface area (Å²) in [6.45, 7) is 9.16. The third kappa shape index (κ3) is 6.46. The molecule has 1 spiro atoms. The Kier molecular flexibility index (Phi) is 9.83. The largest absolute Gasteiger partial charge is 0.310 e. The zero-order chi connectivity index (χ0) is 52.7. The van der Waals surface area contributed by atoms with Gasteiger partial charge in [-0.3, -0.25) is 0 Å². The Bertz CT molecular complexity index is 4620. The molecule has 0 heterocycles. The fraction of sp³-hybridized carbons (Fsp3) is 0.0909. The van der Waals surface area contributed by atoms with Gasteiger partial charge in [0.25, 0.3) is 0 Å². The molecule has 0 amide bonds. The molecule has 2 heteroatoms. The topological polar surface area (TPSA) is 6.48 Å². The summed E-state index contributed by atoms with van der Waals surface area (Å²) in [5, 5.41) is 7.47. The minimum Gasteiger partial charge on any atom is -0.310 e. The van der Waals surface area contributed by atoms with E-state index >= 15 is 0 Å². The van der Waals surface area contributed by atoms with Crippen LogP contribution in [0.25, 0.3) is 71.3 Å². The maximum Gasteiger partial charge on any atom is 0.0731 e. The molecule has 0 N–H and O–H groups in total. The molecular weight excluding hydrogens is 953 g/mol. The Hall–Kier alpha value is -9.50. The van der Waals surface area contributed by atoms with Gasteiger partial charge < -0.3 is 9.80 Å². The standard InChI is InChI=1S/C77H56N2/c1-5-18-51-41-48(2)67-46-58(33-37-60(51)67)78(54-20-8-6-9-21-54)56-32-29-50-44-68-65-36-30-52-42-57(79(55-22-10-7-11-23-55)59-35-39-64-63-25-14-16-27-69(63)76(3,4)72(64)47-59)34-38-62(52)75(65)77(73(68)45-53(50)43-56)70-28-17-15-26-66(70)74-61-24-13-12-19-49(61)31-40-71(74)77/h5-48H,1-4H3/b18-5-. The lowest BCUT2D eigenvalue weighted by atomic mass is 9.69. The molecule has 79 heavy (non-hydrogen) atoms. The maximum absolute atomic E-state index is 2.56. The van der Waals surface area contributed by atoms with E-state index in [1.807, 2.05) is 0 Å². The average Bonchev–Trinajstić information content (AvgIpc) is 2.94. The molecule has 12 aromatic carbocycles. The Morgan fingerprint density at radius 3 is 1.72 bits per heavy atom. The van der Waals surface area contributed by atoms with E-state index in [2.05, 4.69) is 298 Å². The highest BCUT2D eigenvalue weighted by molar-refractivity contribution is 6.11. The molecule has 0 saturated carbocycles. The Morgan fingerprint density at radius 2 is 0.949 bits per heavy atom. The fourth-order valence-corrected chi connectivity index (χ4v) is 14.8. The predicted molar refractivity (Wildman–Crippen MR) is 333 cm³/mol. The van der Waals surface area contributed by atoms with Crippen LogP contribution in [0.2, 0.25) is 0 Å². The number of fused-ring (bicyclic) bond motifs is 19. The zero-order valence-corrected chi connectivity index (χ0v) is 44.8. The smallest absolute Gasteiger partial charge is 0.0731 e. The molecule has 4 aliphatic carbocycles. The van der Waals surface area contributed by atoms with Crippen molar-refractivity contribution in [1.29, 1.82) is 0 Å². The van der Waals surface area contributed by atoms with Gasteiger partial charge in [-0.15, -0.1) is 0 Å². The van der Waals surface area contributed by atoms with Crippen LogP contribution in [-0.2, 0) is 10.8 Å². The van der Waals surface area contributed by atoms with Gasteiger partial charge in [0.1, 0.15) is 0 Å². The van der Waals surface area contributed by atoms with E-state index in [1.165, 1.54) is 116 Å². The van der Waals surface area contributed by atoms with E-state index in [0.717, 1.165) is 34.1 Å². The summed E-state index contributed by atoms with van der Waals surface area (Å²) in [6, 6.07) is 92.1. The second-order valence-corrected chi connectivity index (χ2v) is 22.8. The van der Waals surface area contributed by atoms with Crippen LogP contribution in [0.3, 0.4) is 0 Å². The first kappa shape index (κ1) is 45.7. The molecule has 2 atom stereocenters. The Morgan fingerprint density at radius 1 is 0.367 bits per heavy atom. The summed E-state index contributed by atoms with van der Waals surface area (Å²) in [4.78, 5) is 4.89. The molecule has 0 fully saturated rings. The maximum atomic E-state index is 2.56. The van der Waals surface area contributed by atoms with Crippen LogP contribution < -0.4 is 9.80 Å². The molecule has 12 aromatic rings. The second kappa shape index (κ2) is 17.0. The van der Waals surface area contributed by atoms with Crippen molar-refractivity contribution in [3.05, 3.63) is 305 Å². The van der Waals surface area contributed by atoms with Gasteiger partial charge in [-0.2, -0.15) is 0 Å². The number of allylic oxidation sites excluding steroid dienone is 4. The van der Waals surface area contributed by atoms with Crippen molar-refractivity contribution >= 4 is 72.0 Å². The Labute approximate surface area is 462 Å². The SMILES string of the molecule is C/C=C\C1=CC(C)c2cc(N(c3ccccc3)c3ccc4cc5c(cc4c3)C3(c4ccccc4-c4c3ccc3ccccc43)c3c-5ccc4cc(N(c5ccccc5)c5ccc6c(c5)C(C)(C)c5ccccc5-6)ccc34)ccc21. The minimum atomic E-state index is -0.599. The van der Waals surface area contributed by atoms with Crippen LogP contribution in [0.5, 0.6) is 0 Å². The van der Waals surface area contributed by atoms with Crippen molar-refractivity contribution in [2.24, 2.45) is 0 Å². The summed E-state index contributed by atoms with van der Waals surface area (Å²) in [6.07, 6.45) is 6.78. The van der Waals surface area contributed by atoms with Gasteiger partial charge in [-0.25, -0.2) is 0 Å². The number of benzene rings is 12. The zero-order valence-electron chi connectivity index (χ0n) is 44.8. The number of hydrogen-bond acceptors (Lipinski definition) is 2. The van der Waals surface area contributed by atoms with Crippen molar-refractivity contribution in [3.63, 3.8) is 0 Å². The van der Waals surface area contributed by atoms with E-state index in [0.29, 0.717) is 5.92 Å². The van der Waals surface area contributed by atoms with Crippen molar-refractivity contribution in [3.8, 4) is 33.4 Å². The van der Waals surface area contributed by atoms with Crippen molar-refractivity contribution in [2.75, 3.05) is 9.80 Å². The molecular formula is C77H56N2. The van der Waals surface area contributed by atoms with E-state index in [1.54, 1.807) is 0 Å². The van der Waals surface area contributed by atoms with Gasteiger partial charge in [-0.1, -0.05) is 197 Å². The quantitative estimate of drug-likeness (QED) is 0.157. The first-order valence-electron chi connectivity index (χ1n) is 28.0. The van der Waals surface area contributed by atoms with Crippen LogP contribution in [-0.4, -0.2) is 0 Å². The van der Waals surface area contributed by atoms with Crippen LogP contribution >= 0.6 is 0 Å². The summed E-state index contributed by atoms with van der Waals surface area (Å²) in [7, 11) is 0. The van der Waals surface area contributed by atoms with Crippen LogP contribution in [0, 0.1) is 0 Å². The molecule has 2 nitrogen and oxygen atoms in total. The van der Waals surface area contributed by atoms with Crippen molar-refractivity contribution < 1.29 is 0 Å². The summed E-state index contributed by atoms with van der Waals surface area (Å²) in [5.74, 6) is 0.326. The van der Waals surface area contributed by atoms with E-state index in [4.69, 9.17) is 0 Å². The first-order valence-corrected chi connectivity index (χ1v) is 28.0. The molecule has 0 bridgehead atoms. The summed E-state index contributed by atoms with van der Waals surface area (Å²) >= 11 is 0. The molecule has 0 aliphatic heterocycles. The first-order chi connectivity index (χ1) is 38.8. The van der Waals surface area contributed by atoms with Gasteiger partial charge in [0.2, 0.25) is 0 Å². The lowest BCUT2D eigenvalue weighted by Gasteiger charge is -2.32. The van der Waals surface area contributed by atoms with Crippen LogP contribution in [0.4, 0.5) is 34.1 Å². The average molecular weight is 1010 g/mol. The van der Waals surface area contributed by atoms with Crippen LogP contribution in [0.1, 0.15) is 78.1 Å². The van der Waals surface area contributed by atoms with Gasteiger partial charge in [-0.05, 0) is 208 Å². The van der Waals surface area contributed by atoms with Gasteiger partial charge in [0.15, 0.2) is 0 Å². The molecule has 0 saturated heterocycles. The second-order valence-electron chi connectivity index (χ2n) is 22.8. The van der Waals surface area contributed by atoms with Gasteiger partial charge in [0, 0.05) is 45.5 Å². The highest BCUT2D eigenvalue weighted by Crippen LogP contribution is 2.66. The Balaban J connectivity index is 0.911. The third-order valence-electron chi connectivity index (χ3n) is 18.2. The number of anilines is 6. The van der Waals surface area contributed by atoms with Gasteiger partial charge >= 0.3 is 0 Å². The van der Waals surface area contributed by atoms with Crippen molar-refractivity contribution in [2.45, 2.75) is 44.4 Å². The normalized spacial score (nSPS) is 16.7. The number of hydrogen-bond donors (Lipinski definition) is 0. The monoisotopic (exact) mass is 1010 g/mol. The highest BCUT2D eigenvalue weighted by Gasteiger charge is 2.53.